The van der Waals surface area contributed by atoms with E-state index >= 15 is 0 Å². The van der Waals surface area contributed by atoms with E-state index in [1.807, 2.05) is 32.0 Å². The van der Waals surface area contributed by atoms with E-state index in [1.54, 1.807) is 20.8 Å². The van der Waals surface area contributed by atoms with Gasteiger partial charge in [-0.15, -0.1) is 0 Å². The summed E-state index contributed by atoms with van der Waals surface area (Å²) >= 11 is 0. The highest BCUT2D eigenvalue weighted by Crippen LogP contribution is 2.17. The molecule has 0 unspecified atom stereocenters. The van der Waals surface area contributed by atoms with E-state index in [2.05, 4.69) is 10.6 Å². The Morgan fingerprint density at radius 1 is 1.20 bits per heavy atom. The van der Waals surface area contributed by atoms with E-state index < -0.39 is 11.7 Å². The first kappa shape index (κ1) is 16.0. The van der Waals surface area contributed by atoms with Gasteiger partial charge in [-0.2, -0.15) is 0 Å². The van der Waals surface area contributed by atoms with Crippen LogP contribution in [0.5, 0.6) is 0 Å². The molecule has 0 fully saturated rings. The summed E-state index contributed by atoms with van der Waals surface area (Å²) in [4.78, 5) is 23.2. The lowest BCUT2D eigenvalue weighted by atomic mass is 10.1. The lowest BCUT2D eigenvalue weighted by Gasteiger charge is -2.19. The Hall–Kier alpha value is -2.04. The van der Waals surface area contributed by atoms with Gasteiger partial charge >= 0.3 is 6.09 Å². The van der Waals surface area contributed by atoms with Crippen LogP contribution in [0.25, 0.3) is 0 Å². The Morgan fingerprint density at radius 3 is 2.45 bits per heavy atom. The first-order chi connectivity index (χ1) is 9.19. The third-order valence-corrected chi connectivity index (χ3v) is 2.67. The van der Waals surface area contributed by atoms with Gasteiger partial charge in [0.2, 0.25) is 5.91 Å². The van der Waals surface area contributed by atoms with Gasteiger partial charge in [0.1, 0.15) is 12.1 Å². The lowest BCUT2D eigenvalue weighted by Crippen LogP contribution is -2.37. The average molecular weight is 278 g/mol. The van der Waals surface area contributed by atoms with Crippen molar-refractivity contribution in [3.05, 3.63) is 29.3 Å². The number of nitrogens with one attached hydrogen (secondary N) is 2. The third-order valence-electron chi connectivity index (χ3n) is 2.67. The van der Waals surface area contributed by atoms with Crippen molar-refractivity contribution in [2.75, 3.05) is 11.9 Å². The van der Waals surface area contributed by atoms with Gasteiger partial charge in [-0.05, 0) is 51.8 Å². The van der Waals surface area contributed by atoms with Crippen molar-refractivity contribution in [3.63, 3.8) is 0 Å². The Bertz CT molecular complexity index is 504. The number of rotatable bonds is 3. The topological polar surface area (TPSA) is 67.4 Å². The molecule has 0 aromatic heterocycles. The molecule has 2 N–H and O–H groups in total. The van der Waals surface area contributed by atoms with Crippen LogP contribution in [0.1, 0.15) is 31.9 Å². The molecule has 0 aliphatic carbocycles. The molecule has 0 bridgehead atoms. The van der Waals surface area contributed by atoms with Gasteiger partial charge in [-0.3, -0.25) is 4.79 Å². The molecule has 0 saturated carbocycles. The number of ether oxygens (including phenoxy) is 1. The molecular formula is C15H22N2O3. The minimum atomic E-state index is -0.603. The first-order valence-corrected chi connectivity index (χ1v) is 6.52. The smallest absolute Gasteiger partial charge is 0.408 e. The van der Waals surface area contributed by atoms with Crippen LogP contribution in [0.3, 0.4) is 0 Å². The van der Waals surface area contributed by atoms with Gasteiger partial charge < -0.3 is 15.4 Å². The molecule has 2 amide bonds. The Balaban J connectivity index is 2.49. The second-order valence-corrected chi connectivity index (χ2v) is 5.65. The van der Waals surface area contributed by atoms with E-state index in [9.17, 15) is 9.59 Å². The zero-order valence-electron chi connectivity index (χ0n) is 12.7. The number of hydrogen-bond donors (Lipinski definition) is 2. The fourth-order valence-electron chi connectivity index (χ4n) is 1.55. The number of benzene rings is 1. The van der Waals surface area contributed by atoms with Gasteiger partial charge in [0.05, 0.1) is 0 Å². The van der Waals surface area contributed by atoms with Crippen molar-refractivity contribution < 1.29 is 14.3 Å². The number of alkyl carbamates (subject to hydrolysis) is 1. The SMILES string of the molecule is Cc1cccc(NC(=O)CNC(=O)OC(C)(C)C)c1C. The van der Waals surface area contributed by atoms with Crippen LogP contribution in [0.15, 0.2) is 18.2 Å². The monoisotopic (exact) mass is 278 g/mol. The third kappa shape index (κ3) is 5.30. The molecule has 110 valence electrons. The molecule has 1 aromatic rings. The van der Waals surface area contributed by atoms with Crippen LogP contribution < -0.4 is 10.6 Å². The zero-order chi connectivity index (χ0) is 15.3. The minimum Gasteiger partial charge on any atom is -0.444 e. The van der Waals surface area contributed by atoms with E-state index in [1.165, 1.54) is 0 Å². The number of amides is 2. The first-order valence-electron chi connectivity index (χ1n) is 6.52. The molecular weight excluding hydrogens is 256 g/mol. The summed E-state index contributed by atoms with van der Waals surface area (Å²) in [5.41, 5.74) is 2.29. The summed E-state index contributed by atoms with van der Waals surface area (Å²) in [6.45, 7) is 9.09. The van der Waals surface area contributed by atoms with Crippen molar-refractivity contribution in [2.45, 2.75) is 40.2 Å². The Labute approximate surface area is 119 Å². The number of anilines is 1. The second-order valence-electron chi connectivity index (χ2n) is 5.65. The van der Waals surface area contributed by atoms with E-state index in [0.717, 1.165) is 16.8 Å². The molecule has 0 atom stereocenters. The highest BCUT2D eigenvalue weighted by molar-refractivity contribution is 5.94. The summed E-state index contributed by atoms with van der Waals surface area (Å²) in [7, 11) is 0. The van der Waals surface area contributed by atoms with Gasteiger partial charge in [0.25, 0.3) is 0 Å². The zero-order valence-corrected chi connectivity index (χ0v) is 12.7. The fraction of sp³-hybridized carbons (Fsp3) is 0.467. The van der Waals surface area contributed by atoms with E-state index in [-0.39, 0.29) is 12.5 Å². The molecule has 1 aromatic carbocycles. The quantitative estimate of drug-likeness (QED) is 0.893. The Morgan fingerprint density at radius 2 is 1.85 bits per heavy atom. The standard InChI is InChI=1S/C15H22N2O3/c1-10-7-6-8-12(11(10)2)17-13(18)9-16-14(19)20-15(3,4)5/h6-8H,9H2,1-5H3,(H,16,19)(H,17,18). The maximum Gasteiger partial charge on any atom is 0.408 e. The van der Waals surface area contributed by atoms with Crippen molar-refractivity contribution in [1.29, 1.82) is 0 Å². The van der Waals surface area contributed by atoms with Gasteiger partial charge in [-0.1, -0.05) is 12.1 Å². The normalized spacial score (nSPS) is 10.8. The molecule has 0 aliphatic heterocycles. The lowest BCUT2D eigenvalue weighted by molar-refractivity contribution is -0.115. The summed E-state index contributed by atoms with van der Waals surface area (Å²) < 4.78 is 5.05. The van der Waals surface area contributed by atoms with Gasteiger partial charge in [-0.25, -0.2) is 4.79 Å². The summed E-state index contributed by atoms with van der Waals surface area (Å²) in [6.07, 6.45) is -0.603. The van der Waals surface area contributed by atoms with E-state index in [0.29, 0.717) is 0 Å². The van der Waals surface area contributed by atoms with Crippen LogP contribution in [0.4, 0.5) is 10.5 Å². The van der Waals surface area contributed by atoms with Gasteiger partial charge in [0, 0.05) is 5.69 Å². The van der Waals surface area contributed by atoms with Crippen LogP contribution in [-0.2, 0) is 9.53 Å². The largest absolute Gasteiger partial charge is 0.444 e. The summed E-state index contributed by atoms with van der Waals surface area (Å²) in [6, 6.07) is 5.68. The predicted molar refractivity (Wildman–Crippen MR) is 78.8 cm³/mol. The molecule has 0 aliphatic rings. The van der Waals surface area contributed by atoms with Crippen molar-refractivity contribution in [1.82, 2.24) is 5.32 Å². The van der Waals surface area contributed by atoms with Gasteiger partial charge in [0.15, 0.2) is 0 Å². The number of hydrogen-bond acceptors (Lipinski definition) is 3. The highest BCUT2D eigenvalue weighted by atomic mass is 16.6. The molecule has 20 heavy (non-hydrogen) atoms. The van der Waals surface area contributed by atoms with Crippen LogP contribution in [0, 0.1) is 13.8 Å². The maximum absolute atomic E-state index is 11.8. The molecule has 0 heterocycles. The molecule has 0 radical (unpaired) electrons. The maximum atomic E-state index is 11.8. The molecule has 1 rings (SSSR count). The van der Waals surface area contributed by atoms with E-state index in [4.69, 9.17) is 4.74 Å². The molecule has 5 nitrogen and oxygen atoms in total. The Kier molecular flexibility index (Phi) is 5.13. The minimum absolute atomic E-state index is 0.123. The van der Waals surface area contributed by atoms with Crippen molar-refractivity contribution in [2.24, 2.45) is 0 Å². The van der Waals surface area contributed by atoms with Crippen LogP contribution >= 0.6 is 0 Å². The molecule has 0 spiro atoms. The summed E-state index contributed by atoms with van der Waals surface area (Å²) in [5.74, 6) is -0.287. The fourth-order valence-corrected chi connectivity index (χ4v) is 1.55. The number of carbonyl (C=O) groups excluding carboxylic acids is 2. The van der Waals surface area contributed by atoms with Crippen molar-refractivity contribution in [3.8, 4) is 0 Å². The second kappa shape index (κ2) is 6.41. The van der Waals surface area contributed by atoms with Crippen molar-refractivity contribution >= 4 is 17.7 Å². The van der Waals surface area contributed by atoms with Crippen LogP contribution in [-0.4, -0.2) is 24.1 Å². The number of carbonyl (C=O) groups is 2. The average Bonchev–Trinajstić information content (AvgIpc) is 2.30. The predicted octanol–water partition coefficient (Wildman–Crippen LogP) is 2.77. The number of aryl methyl sites for hydroxylation is 1. The molecule has 5 heteroatoms. The van der Waals surface area contributed by atoms with Crippen LogP contribution in [0.2, 0.25) is 0 Å². The molecule has 0 saturated heterocycles. The highest BCUT2D eigenvalue weighted by Gasteiger charge is 2.16. The summed E-state index contributed by atoms with van der Waals surface area (Å²) in [5, 5.41) is 5.18.